The van der Waals surface area contributed by atoms with Crippen LogP contribution in [0.1, 0.15) is 24.8 Å². The van der Waals surface area contributed by atoms with E-state index in [0.29, 0.717) is 19.3 Å². The summed E-state index contributed by atoms with van der Waals surface area (Å²) < 4.78 is 13.7. The molecule has 3 N–H and O–H groups in total. The minimum atomic E-state index is -1.24. The van der Waals surface area contributed by atoms with Gasteiger partial charge in [0, 0.05) is 5.56 Å². The van der Waals surface area contributed by atoms with E-state index in [4.69, 9.17) is 10.2 Å². The SMILES string of the molecule is O=C(O)C1(c2ccc(O)c(O)c2F)CCC1. The van der Waals surface area contributed by atoms with E-state index < -0.39 is 28.7 Å². The number of carboxylic acid groups (broad SMARTS) is 1. The molecule has 4 nitrogen and oxygen atoms in total. The molecule has 5 heteroatoms. The van der Waals surface area contributed by atoms with Gasteiger partial charge in [-0.2, -0.15) is 0 Å². The number of halogens is 1. The quantitative estimate of drug-likeness (QED) is 0.671. The summed E-state index contributed by atoms with van der Waals surface area (Å²) in [5.41, 5.74) is -1.29. The van der Waals surface area contributed by atoms with Gasteiger partial charge in [-0.05, 0) is 18.9 Å². The number of carboxylic acids is 1. The molecule has 1 aromatic carbocycles. The monoisotopic (exact) mass is 226 g/mol. The van der Waals surface area contributed by atoms with Gasteiger partial charge in [0.05, 0.1) is 5.41 Å². The van der Waals surface area contributed by atoms with Crippen molar-refractivity contribution in [2.45, 2.75) is 24.7 Å². The highest BCUT2D eigenvalue weighted by molar-refractivity contribution is 5.83. The predicted molar refractivity (Wildman–Crippen MR) is 52.9 cm³/mol. The number of benzene rings is 1. The zero-order valence-electron chi connectivity index (χ0n) is 8.40. The number of hydrogen-bond donors (Lipinski definition) is 3. The molecule has 1 aliphatic carbocycles. The molecule has 1 saturated carbocycles. The Morgan fingerprint density at radius 2 is 1.94 bits per heavy atom. The molecule has 0 spiro atoms. The van der Waals surface area contributed by atoms with Crippen LogP contribution in [0.25, 0.3) is 0 Å². The molecule has 1 fully saturated rings. The maximum absolute atomic E-state index is 13.7. The molecule has 0 radical (unpaired) electrons. The summed E-state index contributed by atoms with van der Waals surface area (Å²) >= 11 is 0. The number of rotatable bonds is 2. The highest BCUT2D eigenvalue weighted by Crippen LogP contribution is 2.47. The summed E-state index contributed by atoms with van der Waals surface area (Å²) in [4.78, 5) is 11.1. The van der Waals surface area contributed by atoms with E-state index in [0.717, 1.165) is 6.07 Å². The molecule has 0 bridgehead atoms. The highest BCUT2D eigenvalue weighted by Gasteiger charge is 2.48. The smallest absolute Gasteiger partial charge is 0.314 e. The van der Waals surface area contributed by atoms with Crippen LogP contribution >= 0.6 is 0 Å². The van der Waals surface area contributed by atoms with Crippen LogP contribution < -0.4 is 0 Å². The zero-order valence-corrected chi connectivity index (χ0v) is 8.40. The van der Waals surface area contributed by atoms with Gasteiger partial charge in [0.2, 0.25) is 0 Å². The summed E-state index contributed by atoms with van der Waals surface area (Å²) in [5, 5.41) is 27.4. The molecular weight excluding hydrogens is 215 g/mol. The number of aliphatic carboxylic acids is 1. The van der Waals surface area contributed by atoms with Crippen molar-refractivity contribution in [2.24, 2.45) is 0 Å². The van der Waals surface area contributed by atoms with E-state index in [1.165, 1.54) is 6.07 Å². The van der Waals surface area contributed by atoms with Gasteiger partial charge in [0.25, 0.3) is 0 Å². The van der Waals surface area contributed by atoms with E-state index in [2.05, 4.69) is 0 Å². The second-order valence-corrected chi connectivity index (χ2v) is 4.04. The molecular formula is C11H11FO4. The Bertz CT molecular complexity index is 452. The van der Waals surface area contributed by atoms with Crippen LogP contribution in [0.4, 0.5) is 4.39 Å². The van der Waals surface area contributed by atoms with Gasteiger partial charge in [0.15, 0.2) is 17.3 Å². The molecule has 86 valence electrons. The number of aromatic hydroxyl groups is 2. The molecule has 0 atom stereocenters. The fraction of sp³-hybridized carbons (Fsp3) is 0.364. The van der Waals surface area contributed by atoms with Gasteiger partial charge in [-0.3, -0.25) is 4.79 Å². The Hall–Kier alpha value is -1.78. The van der Waals surface area contributed by atoms with Crippen LogP contribution in [0.15, 0.2) is 12.1 Å². The zero-order chi connectivity index (χ0) is 11.9. The Morgan fingerprint density at radius 3 is 2.38 bits per heavy atom. The number of phenols is 2. The van der Waals surface area contributed by atoms with E-state index >= 15 is 0 Å². The van der Waals surface area contributed by atoms with Gasteiger partial charge in [-0.25, -0.2) is 4.39 Å². The largest absolute Gasteiger partial charge is 0.504 e. The lowest BCUT2D eigenvalue weighted by molar-refractivity contribution is -0.147. The van der Waals surface area contributed by atoms with Gasteiger partial charge < -0.3 is 15.3 Å². The standard InChI is InChI=1S/C11H11FO4/c12-8-6(2-3-7(13)9(8)14)11(10(15)16)4-1-5-11/h2-3,13-14H,1,4-5H2,(H,15,16). The third-order valence-corrected chi connectivity index (χ3v) is 3.23. The third kappa shape index (κ3) is 1.24. The summed E-state index contributed by atoms with van der Waals surface area (Å²) in [6.45, 7) is 0. The normalized spacial score (nSPS) is 17.8. The number of phenolic OH excluding ortho intramolecular Hbond substituents is 2. The Morgan fingerprint density at radius 1 is 1.31 bits per heavy atom. The van der Waals surface area contributed by atoms with Gasteiger partial charge in [-0.15, -0.1) is 0 Å². The average Bonchev–Trinajstić information content (AvgIpc) is 2.16. The van der Waals surface area contributed by atoms with Crippen LogP contribution in [-0.4, -0.2) is 21.3 Å². The van der Waals surface area contributed by atoms with Gasteiger partial charge in [0.1, 0.15) is 0 Å². The van der Waals surface area contributed by atoms with E-state index in [9.17, 15) is 14.3 Å². The summed E-state index contributed by atoms with van der Waals surface area (Å²) in [7, 11) is 0. The van der Waals surface area contributed by atoms with Crippen molar-refractivity contribution < 1.29 is 24.5 Å². The second kappa shape index (κ2) is 3.37. The first-order valence-electron chi connectivity index (χ1n) is 4.93. The van der Waals surface area contributed by atoms with Crippen molar-refractivity contribution in [1.29, 1.82) is 0 Å². The van der Waals surface area contributed by atoms with Crippen molar-refractivity contribution in [1.82, 2.24) is 0 Å². The topological polar surface area (TPSA) is 77.8 Å². The Labute approximate surface area is 91.0 Å². The summed E-state index contributed by atoms with van der Waals surface area (Å²) in [6, 6.07) is 2.33. The second-order valence-electron chi connectivity index (χ2n) is 4.04. The van der Waals surface area contributed by atoms with Crippen LogP contribution in [0.5, 0.6) is 11.5 Å². The van der Waals surface area contributed by atoms with Gasteiger partial charge >= 0.3 is 5.97 Å². The molecule has 0 amide bonds. The number of carbonyl (C=O) groups is 1. The molecule has 0 heterocycles. The lowest BCUT2D eigenvalue weighted by Crippen LogP contribution is -2.43. The first-order chi connectivity index (χ1) is 7.49. The molecule has 1 aliphatic rings. The molecule has 0 unspecified atom stereocenters. The van der Waals surface area contributed by atoms with E-state index in [1.807, 2.05) is 0 Å². The van der Waals surface area contributed by atoms with Crippen molar-refractivity contribution >= 4 is 5.97 Å². The first kappa shape index (κ1) is 10.7. The van der Waals surface area contributed by atoms with Crippen LogP contribution in [0.2, 0.25) is 0 Å². The predicted octanol–water partition coefficient (Wildman–Crippen LogP) is 1.74. The lowest BCUT2D eigenvalue weighted by atomic mass is 9.64. The molecule has 0 aliphatic heterocycles. The minimum absolute atomic E-state index is 0.0541. The maximum atomic E-state index is 13.7. The highest BCUT2D eigenvalue weighted by atomic mass is 19.1. The molecule has 0 saturated heterocycles. The van der Waals surface area contributed by atoms with Crippen LogP contribution in [0.3, 0.4) is 0 Å². The Balaban J connectivity index is 2.56. The van der Waals surface area contributed by atoms with Crippen molar-refractivity contribution in [3.63, 3.8) is 0 Å². The molecule has 16 heavy (non-hydrogen) atoms. The third-order valence-electron chi connectivity index (χ3n) is 3.23. The first-order valence-corrected chi connectivity index (χ1v) is 4.93. The lowest BCUT2D eigenvalue weighted by Gasteiger charge is -2.38. The van der Waals surface area contributed by atoms with Crippen molar-refractivity contribution in [3.05, 3.63) is 23.5 Å². The number of hydrogen-bond acceptors (Lipinski definition) is 3. The van der Waals surface area contributed by atoms with Crippen molar-refractivity contribution in [2.75, 3.05) is 0 Å². The molecule has 2 rings (SSSR count). The fourth-order valence-corrected chi connectivity index (χ4v) is 2.05. The average molecular weight is 226 g/mol. The van der Waals surface area contributed by atoms with Gasteiger partial charge in [-0.1, -0.05) is 12.5 Å². The molecule has 1 aromatic rings. The maximum Gasteiger partial charge on any atom is 0.314 e. The van der Waals surface area contributed by atoms with E-state index in [-0.39, 0.29) is 5.56 Å². The summed E-state index contributed by atoms with van der Waals surface area (Å²) in [6.07, 6.45) is 1.42. The fourth-order valence-electron chi connectivity index (χ4n) is 2.05. The van der Waals surface area contributed by atoms with E-state index in [1.54, 1.807) is 0 Å². The molecule has 0 aromatic heterocycles. The van der Waals surface area contributed by atoms with Crippen LogP contribution in [0, 0.1) is 5.82 Å². The van der Waals surface area contributed by atoms with Crippen molar-refractivity contribution in [3.8, 4) is 11.5 Å². The minimum Gasteiger partial charge on any atom is -0.504 e. The Kier molecular flexibility index (Phi) is 2.26. The van der Waals surface area contributed by atoms with Crippen LogP contribution in [-0.2, 0) is 10.2 Å². The summed E-state index contributed by atoms with van der Waals surface area (Å²) in [5.74, 6) is -3.60.